The summed E-state index contributed by atoms with van der Waals surface area (Å²) in [6.45, 7) is 2.94. The second kappa shape index (κ2) is 6.07. The van der Waals surface area contributed by atoms with Crippen molar-refractivity contribution < 1.29 is 14.3 Å². The van der Waals surface area contributed by atoms with Crippen molar-refractivity contribution in [3.63, 3.8) is 0 Å². The van der Waals surface area contributed by atoms with Gasteiger partial charge in [0.2, 0.25) is 5.82 Å². The van der Waals surface area contributed by atoms with Crippen molar-refractivity contribution in [3.8, 4) is 0 Å². The van der Waals surface area contributed by atoms with E-state index in [1.54, 1.807) is 25.6 Å². The van der Waals surface area contributed by atoms with Gasteiger partial charge in [-0.15, -0.1) is 0 Å². The number of rotatable bonds is 3. The van der Waals surface area contributed by atoms with Crippen LogP contribution in [0.4, 0.5) is 0 Å². The van der Waals surface area contributed by atoms with E-state index in [-0.39, 0.29) is 23.3 Å². The van der Waals surface area contributed by atoms with Gasteiger partial charge in [0, 0.05) is 32.6 Å². The lowest BCUT2D eigenvalue weighted by Crippen LogP contribution is -2.44. The SMILES string of the molecule is COC[C@H]1CC2(CCN(C(=O)c3ncccn3)CC2)CO1. The zero-order valence-electron chi connectivity index (χ0n) is 12.3. The number of carbonyl (C=O) groups excluding carboxylic acids is 1. The van der Waals surface area contributed by atoms with E-state index in [0.29, 0.717) is 6.61 Å². The maximum absolute atomic E-state index is 12.3. The topological polar surface area (TPSA) is 64.5 Å². The van der Waals surface area contributed by atoms with Crippen LogP contribution in [0, 0.1) is 5.41 Å². The summed E-state index contributed by atoms with van der Waals surface area (Å²) in [5.41, 5.74) is 0.220. The highest BCUT2D eigenvalue weighted by Gasteiger charge is 2.43. The molecule has 6 nitrogen and oxygen atoms in total. The normalized spacial score (nSPS) is 24.4. The molecule has 0 aliphatic carbocycles. The Bertz CT molecular complexity index is 486. The average Bonchev–Trinajstić information content (AvgIpc) is 2.91. The first kappa shape index (κ1) is 14.4. The highest BCUT2D eigenvalue weighted by Crippen LogP contribution is 2.42. The van der Waals surface area contributed by atoms with Crippen molar-refractivity contribution in [2.24, 2.45) is 5.41 Å². The van der Waals surface area contributed by atoms with Crippen molar-refractivity contribution in [3.05, 3.63) is 24.3 Å². The van der Waals surface area contributed by atoms with E-state index in [0.717, 1.165) is 39.0 Å². The predicted molar refractivity (Wildman–Crippen MR) is 75.8 cm³/mol. The number of nitrogens with zero attached hydrogens (tertiary/aromatic N) is 3. The van der Waals surface area contributed by atoms with Gasteiger partial charge in [-0.2, -0.15) is 0 Å². The number of likely N-dealkylation sites (tertiary alicyclic amines) is 1. The number of aromatic nitrogens is 2. The standard InChI is InChI=1S/C15H21N3O3/c1-20-10-12-9-15(11-21-12)3-7-18(8-4-15)14(19)13-16-5-2-6-17-13/h2,5-6,12H,3-4,7-11H2,1H3/t12-/m1/s1. The first-order chi connectivity index (χ1) is 10.2. The highest BCUT2D eigenvalue weighted by atomic mass is 16.5. The Morgan fingerprint density at radius 1 is 1.43 bits per heavy atom. The fourth-order valence-corrected chi connectivity index (χ4v) is 3.27. The smallest absolute Gasteiger partial charge is 0.291 e. The Kier molecular flexibility index (Phi) is 4.17. The van der Waals surface area contributed by atoms with E-state index in [2.05, 4.69) is 9.97 Å². The fraction of sp³-hybridized carbons (Fsp3) is 0.667. The number of hydrogen-bond acceptors (Lipinski definition) is 5. The van der Waals surface area contributed by atoms with Crippen molar-refractivity contribution in [1.29, 1.82) is 0 Å². The molecule has 0 bridgehead atoms. The number of hydrogen-bond donors (Lipinski definition) is 0. The lowest BCUT2D eigenvalue weighted by molar-refractivity contribution is 0.0279. The molecular formula is C15H21N3O3. The van der Waals surface area contributed by atoms with E-state index in [9.17, 15) is 4.79 Å². The van der Waals surface area contributed by atoms with Gasteiger partial charge in [0.1, 0.15) is 0 Å². The molecule has 1 spiro atoms. The summed E-state index contributed by atoms with van der Waals surface area (Å²) in [6.07, 6.45) is 6.40. The molecule has 1 amide bonds. The Balaban J connectivity index is 1.57. The molecule has 0 N–H and O–H groups in total. The van der Waals surface area contributed by atoms with Crippen molar-refractivity contribution >= 4 is 5.91 Å². The number of piperidine rings is 1. The molecule has 3 rings (SSSR count). The molecule has 3 heterocycles. The van der Waals surface area contributed by atoms with Gasteiger partial charge in [0.15, 0.2) is 0 Å². The van der Waals surface area contributed by atoms with Gasteiger partial charge in [-0.3, -0.25) is 4.79 Å². The van der Waals surface area contributed by atoms with Crippen LogP contribution in [-0.2, 0) is 9.47 Å². The lowest BCUT2D eigenvalue weighted by atomic mass is 9.76. The summed E-state index contributed by atoms with van der Waals surface area (Å²) < 4.78 is 11.0. The monoisotopic (exact) mass is 291 g/mol. The largest absolute Gasteiger partial charge is 0.382 e. The molecule has 0 radical (unpaired) electrons. The van der Waals surface area contributed by atoms with Crippen LogP contribution in [0.5, 0.6) is 0 Å². The summed E-state index contributed by atoms with van der Waals surface area (Å²) in [5, 5.41) is 0. The summed E-state index contributed by atoms with van der Waals surface area (Å²) >= 11 is 0. The third-order valence-corrected chi connectivity index (χ3v) is 4.51. The number of amides is 1. The van der Waals surface area contributed by atoms with Crippen LogP contribution in [0.3, 0.4) is 0 Å². The first-order valence-electron chi connectivity index (χ1n) is 7.39. The number of carbonyl (C=O) groups is 1. The molecule has 2 aliphatic heterocycles. The molecule has 2 fully saturated rings. The average molecular weight is 291 g/mol. The van der Waals surface area contributed by atoms with Crippen LogP contribution >= 0.6 is 0 Å². The van der Waals surface area contributed by atoms with Crippen LogP contribution in [-0.4, -0.2) is 60.3 Å². The van der Waals surface area contributed by atoms with Crippen LogP contribution in [0.15, 0.2) is 18.5 Å². The second-order valence-electron chi connectivity index (χ2n) is 5.96. The Hall–Kier alpha value is -1.53. The minimum atomic E-state index is -0.0715. The van der Waals surface area contributed by atoms with Gasteiger partial charge < -0.3 is 14.4 Å². The van der Waals surface area contributed by atoms with E-state index >= 15 is 0 Å². The van der Waals surface area contributed by atoms with Crippen molar-refractivity contribution in [2.75, 3.05) is 33.4 Å². The molecule has 0 aromatic carbocycles. The molecule has 114 valence electrons. The summed E-state index contributed by atoms with van der Waals surface area (Å²) in [7, 11) is 1.70. The molecule has 1 aromatic heterocycles. The van der Waals surface area contributed by atoms with Gasteiger partial charge in [0.25, 0.3) is 5.91 Å². The zero-order valence-corrected chi connectivity index (χ0v) is 12.3. The maximum atomic E-state index is 12.3. The molecule has 2 saturated heterocycles. The minimum Gasteiger partial charge on any atom is -0.382 e. The molecule has 0 saturated carbocycles. The van der Waals surface area contributed by atoms with Gasteiger partial charge in [-0.1, -0.05) is 0 Å². The van der Waals surface area contributed by atoms with Crippen LogP contribution in [0.2, 0.25) is 0 Å². The number of ether oxygens (including phenoxy) is 2. The van der Waals surface area contributed by atoms with Crippen molar-refractivity contribution in [2.45, 2.75) is 25.4 Å². The van der Waals surface area contributed by atoms with Gasteiger partial charge in [-0.05, 0) is 30.7 Å². The minimum absolute atomic E-state index is 0.0715. The summed E-state index contributed by atoms with van der Waals surface area (Å²) in [4.78, 5) is 22.2. The molecule has 1 atom stereocenters. The quantitative estimate of drug-likeness (QED) is 0.835. The van der Waals surface area contributed by atoms with Crippen molar-refractivity contribution in [1.82, 2.24) is 14.9 Å². The molecule has 21 heavy (non-hydrogen) atoms. The van der Waals surface area contributed by atoms with E-state index in [1.807, 2.05) is 4.90 Å². The van der Waals surface area contributed by atoms with Gasteiger partial charge in [-0.25, -0.2) is 9.97 Å². The van der Waals surface area contributed by atoms with E-state index in [1.165, 1.54) is 0 Å². The Labute approximate surface area is 124 Å². The Morgan fingerprint density at radius 2 is 2.14 bits per heavy atom. The Morgan fingerprint density at radius 3 is 2.81 bits per heavy atom. The second-order valence-corrected chi connectivity index (χ2v) is 5.96. The van der Waals surface area contributed by atoms with Gasteiger partial charge >= 0.3 is 0 Å². The first-order valence-corrected chi connectivity index (χ1v) is 7.39. The van der Waals surface area contributed by atoms with E-state index < -0.39 is 0 Å². The highest BCUT2D eigenvalue weighted by molar-refractivity contribution is 5.90. The zero-order chi connectivity index (χ0) is 14.7. The molecule has 6 heteroatoms. The summed E-state index contributed by atoms with van der Waals surface area (Å²) in [6, 6.07) is 1.72. The van der Waals surface area contributed by atoms with Gasteiger partial charge in [0.05, 0.1) is 19.3 Å². The van der Waals surface area contributed by atoms with Crippen LogP contribution in [0.25, 0.3) is 0 Å². The predicted octanol–water partition coefficient (Wildman–Crippen LogP) is 1.13. The third kappa shape index (κ3) is 3.06. The van der Waals surface area contributed by atoms with Crippen LogP contribution in [0.1, 0.15) is 29.9 Å². The molecule has 2 aliphatic rings. The van der Waals surface area contributed by atoms with Crippen LogP contribution < -0.4 is 0 Å². The molecular weight excluding hydrogens is 270 g/mol. The van der Waals surface area contributed by atoms with E-state index in [4.69, 9.17) is 9.47 Å². The molecule has 1 aromatic rings. The number of methoxy groups -OCH3 is 1. The summed E-state index contributed by atoms with van der Waals surface area (Å²) in [5.74, 6) is 0.214. The maximum Gasteiger partial charge on any atom is 0.291 e. The fourth-order valence-electron chi connectivity index (χ4n) is 3.27. The third-order valence-electron chi connectivity index (χ3n) is 4.51. The molecule has 0 unspecified atom stereocenters. The lowest BCUT2D eigenvalue weighted by Gasteiger charge is -2.38.